The molecule has 0 aliphatic heterocycles. The Hall–Kier alpha value is -3.34. The summed E-state index contributed by atoms with van der Waals surface area (Å²) in [7, 11) is 1.80. The van der Waals surface area contributed by atoms with Gasteiger partial charge in [0.2, 0.25) is 0 Å². The van der Waals surface area contributed by atoms with Crippen molar-refractivity contribution >= 4 is 23.5 Å². The summed E-state index contributed by atoms with van der Waals surface area (Å²) >= 11 is 6.04. The van der Waals surface area contributed by atoms with E-state index in [2.05, 4.69) is 20.7 Å². The highest BCUT2D eigenvalue weighted by molar-refractivity contribution is 6.30. The van der Waals surface area contributed by atoms with Gasteiger partial charge in [0, 0.05) is 29.7 Å². The van der Waals surface area contributed by atoms with Crippen LogP contribution in [-0.4, -0.2) is 76.7 Å². The summed E-state index contributed by atoms with van der Waals surface area (Å²) in [6, 6.07) is 11.2. The van der Waals surface area contributed by atoms with Crippen molar-refractivity contribution in [1.82, 2.24) is 25.6 Å². The maximum atomic E-state index is 14.3. The van der Waals surface area contributed by atoms with E-state index in [-0.39, 0.29) is 30.7 Å². The average Bonchev–Trinajstić information content (AvgIpc) is 3.41. The van der Waals surface area contributed by atoms with Crippen LogP contribution in [0.2, 0.25) is 5.02 Å². The molecule has 11 heteroatoms. The van der Waals surface area contributed by atoms with Gasteiger partial charge in [0.05, 0.1) is 25.3 Å². The Kier molecular flexibility index (Phi) is 10.6. The zero-order chi connectivity index (χ0) is 26.8. The lowest BCUT2D eigenvalue weighted by atomic mass is 9.93. The second kappa shape index (κ2) is 13.8. The zero-order valence-electron chi connectivity index (χ0n) is 20.8. The van der Waals surface area contributed by atoms with Crippen molar-refractivity contribution in [1.29, 1.82) is 0 Å². The monoisotopic (exact) mass is 531 g/mol. The summed E-state index contributed by atoms with van der Waals surface area (Å²) in [6.07, 6.45) is 2.02. The second-order valence-electron chi connectivity index (χ2n) is 8.72. The van der Waals surface area contributed by atoms with E-state index in [0.29, 0.717) is 42.1 Å². The van der Waals surface area contributed by atoms with E-state index in [0.717, 1.165) is 5.56 Å². The predicted molar refractivity (Wildman–Crippen MR) is 138 cm³/mol. The molecule has 0 saturated carbocycles. The van der Waals surface area contributed by atoms with Gasteiger partial charge in [-0.25, -0.2) is 4.39 Å². The molecular formula is C26H31ClFN5O4. The summed E-state index contributed by atoms with van der Waals surface area (Å²) in [6.45, 7) is 2.67. The normalized spacial score (nSPS) is 12.8. The summed E-state index contributed by atoms with van der Waals surface area (Å²) < 4.78 is 19.6. The number of aliphatic hydroxyl groups excluding tert-OH is 1. The van der Waals surface area contributed by atoms with E-state index in [1.54, 1.807) is 32.2 Å². The third kappa shape index (κ3) is 8.34. The molecule has 0 bridgehead atoms. The molecule has 2 aromatic carbocycles. The minimum absolute atomic E-state index is 0.0437. The molecule has 0 fully saturated rings. The standard InChI is InChI=1S/C26H31ClFN5O4/c1-3-37-26(36)19(16-33(2)10-11-34)13-21(30-25(35)24-15-29-32-31-24)12-17-4-6-18(7-5-17)22-14-20(27)8-9-23(22)28/h4-9,14-15,19,21,34H,3,10-13,16H2,1-2H3,(H,30,35)(H,29,31,32)/t19-,21+/m0/s1. The number of esters is 1. The van der Waals surface area contributed by atoms with Crippen LogP contribution in [0.3, 0.4) is 0 Å². The number of aliphatic hydroxyl groups is 1. The fraction of sp³-hybridized carbons (Fsp3) is 0.385. The van der Waals surface area contributed by atoms with Crippen molar-refractivity contribution < 1.29 is 23.8 Å². The Labute approximate surface area is 220 Å². The van der Waals surface area contributed by atoms with Crippen LogP contribution in [0.15, 0.2) is 48.7 Å². The number of ether oxygens (including phenoxy) is 1. The minimum Gasteiger partial charge on any atom is -0.466 e. The first-order valence-corrected chi connectivity index (χ1v) is 12.4. The molecule has 3 N–H and O–H groups in total. The smallest absolute Gasteiger partial charge is 0.310 e. The number of hydrogen-bond donors (Lipinski definition) is 3. The number of rotatable bonds is 13. The molecule has 0 saturated heterocycles. The van der Waals surface area contributed by atoms with Crippen LogP contribution in [-0.2, 0) is 16.0 Å². The quantitative estimate of drug-likeness (QED) is 0.290. The number of hydrogen-bond acceptors (Lipinski definition) is 7. The number of aromatic amines is 1. The van der Waals surface area contributed by atoms with Gasteiger partial charge in [-0.05, 0) is 56.1 Å². The van der Waals surface area contributed by atoms with Gasteiger partial charge in [-0.1, -0.05) is 35.9 Å². The molecule has 0 unspecified atom stereocenters. The molecule has 0 radical (unpaired) electrons. The van der Waals surface area contributed by atoms with Crippen LogP contribution in [0.1, 0.15) is 29.4 Å². The van der Waals surface area contributed by atoms with E-state index in [9.17, 15) is 19.1 Å². The number of nitrogens with zero attached hydrogens (tertiary/aromatic N) is 3. The van der Waals surface area contributed by atoms with Crippen LogP contribution in [0, 0.1) is 11.7 Å². The fourth-order valence-electron chi connectivity index (χ4n) is 4.07. The number of likely N-dealkylation sites (N-methyl/N-ethyl adjacent to an activating group) is 1. The average molecular weight is 532 g/mol. The summed E-state index contributed by atoms with van der Waals surface area (Å²) in [5.41, 5.74) is 2.07. The Balaban J connectivity index is 1.82. The Morgan fingerprint density at radius 1 is 1.24 bits per heavy atom. The Morgan fingerprint density at radius 2 is 2.00 bits per heavy atom. The largest absolute Gasteiger partial charge is 0.466 e. The third-order valence-electron chi connectivity index (χ3n) is 5.86. The van der Waals surface area contributed by atoms with Crippen molar-refractivity contribution in [3.8, 4) is 11.1 Å². The molecule has 9 nitrogen and oxygen atoms in total. The number of benzene rings is 2. The van der Waals surface area contributed by atoms with Crippen LogP contribution in [0.4, 0.5) is 4.39 Å². The first-order valence-electron chi connectivity index (χ1n) is 12.0. The molecule has 37 heavy (non-hydrogen) atoms. The van der Waals surface area contributed by atoms with E-state index in [4.69, 9.17) is 16.3 Å². The van der Waals surface area contributed by atoms with Crippen LogP contribution < -0.4 is 5.32 Å². The summed E-state index contributed by atoms with van der Waals surface area (Å²) in [4.78, 5) is 27.4. The molecule has 198 valence electrons. The van der Waals surface area contributed by atoms with Gasteiger partial charge in [-0.15, -0.1) is 0 Å². The molecule has 0 aliphatic carbocycles. The number of H-pyrrole nitrogens is 1. The van der Waals surface area contributed by atoms with Crippen molar-refractivity contribution in [3.63, 3.8) is 0 Å². The van der Waals surface area contributed by atoms with Crippen molar-refractivity contribution in [2.45, 2.75) is 25.8 Å². The van der Waals surface area contributed by atoms with Gasteiger partial charge in [0.25, 0.3) is 5.91 Å². The molecular weight excluding hydrogens is 501 g/mol. The van der Waals surface area contributed by atoms with Crippen LogP contribution in [0.5, 0.6) is 0 Å². The molecule has 1 heterocycles. The molecule has 2 atom stereocenters. The van der Waals surface area contributed by atoms with Crippen molar-refractivity contribution in [2.24, 2.45) is 5.92 Å². The number of carbonyl (C=O) groups is 2. The second-order valence-corrected chi connectivity index (χ2v) is 9.16. The third-order valence-corrected chi connectivity index (χ3v) is 6.10. The van der Waals surface area contributed by atoms with Gasteiger partial charge < -0.3 is 20.1 Å². The molecule has 3 aromatic rings. The molecule has 0 spiro atoms. The minimum atomic E-state index is -0.543. The van der Waals surface area contributed by atoms with Crippen LogP contribution >= 0.6 is 11.6 Å². The highest BCUT2D eigenvalue weighted by Crippen LogP contribution is 2.27. The number of halogens is 2. The molecule has 1 aromatic heterocycles. The van der Waals surface area contributed by atoms with E-state index < -0.39 is 17.9 Å². The lowest BCUT2D eigenvalue weighted by Crippen LogP contribution is -2.42. The van der Waals surface area contributed by atoms with Crippen LogP contribution in [0.25, 0.3) is 11.1 Å². The summed E-state index contributed by atoms with van der Waals surface area (Å²) in [5.74, 6) is -1.72. The SMILES string of the molecule is CCOC(=O)[C@@H](C[C@@H](Cc1ccc(-c2cc(Cl)ccc2F)cc1)NC(=O)c1cn[nH]n1)CN(C)CCO. The highest BCUT2D eigenvalue weighted by atomic mass is 35.5. The predicted octanol–water partition coefficient (Wildman–Crippen LogP) is 3.10. The van der Waals surface area contributed by atoms with Gasteiger partial charge in [-0.3, -0.25) is 9.59 Å². The topological polar surface area (TPSA) is 120 Å². The van der Waals surface area contributed by atoms with Gasteiger partial charge in [0.1, 0.15) is 5.82 Å². The zero-order valence-corrected chi connectivity index (χ0v) is 21.5. The fourth-order valence-corrected chi connectivity index (χ4v) is 4.25. The maximum Gasteiger partial charge on any atom is 0.310 e. The van der Waals surface area contributed by atoms with Gasteiger partial charge in [-0.2, -0.15) is 15.4 Å². The van der Waals surface area contributed by atoms with E-state index in [1.807, 2.05) is 17.0 Å². The van der Waals surface area contributed by atoms with E-state index >= 15 is 0 Å². The molecule has 0 aliphatic rings. The Bertz CT molecular complexity index is 1160. The number of carbonyl (C=O) groups excluding carboxylic acids is 2. The lowest BCUT2D eigenvalue weighted by Gasteiger charge is -2.26. The van der Waals surface area contributed by atoms with Gasteiger partial charge in [0.15, 0.2) is 5.69 Å². The summed E-state index contributed by atoms with van der Waals surface area (Å²) in [5, 5.41) is 22.6. The first kappa shape index (κ1) is 28.2. The Morgan fingerprint density at radius 3 is 2.65 bits per heavy atom. The number of amides is 1. The lowest BCUT2D eigenvalue weighted by molar-refractivity contribution is -0.149. The van der Waals surface area contributed by atoms with Gasteiger partial charge >= 0.3 is 5.97 Å². The van der Waals surface area contributed by atoms with Crippen molar-refractivity contribution in [2.75, 3.05) is 33.4 Å². The number of aromatic nitrogens is 3. The maximum absolute atomic E-state index is 14.3. The highest BCUT2D eigenvalue weighted by Gasteiger charge is 2.27. The first-order chi connectivity index (χ1) is 17.8. The number of nitrogens with one attached hydrogen (secondary N) is 2. The van der Waals surface area contributed by atoms with E-state index in [1.165, 1.54) is 18.3 Å². The molecule has 1 amide bonds. The van der Waals surface area contributed by atoms with Crippen molar-refractivity contribution in [3.05, 3.63) is 70.8 Å². The molecule has 3 rings (SSSR count).